The highest BCUT2D eigenvalue weighted by Crippen LogP contribution is 2.48. The molecule has 2 unspecified atom stereocenters. The summed E-state index contributed by atoms with van der Waals surface area (Å²) >= 11 is 0. The first kappa shape index (κ1) is 20.4. The molecular weight excluding hydrogens is 292 g/mol. The monoisotopic (exact) mass is 328 g/mol. The molecule has 23 heavy (non-hydrogen) atoms. The van der Waals surface area contributed by atoms with E-state index < -0.39 is 5.79 Å². The van der Waals surface area contributed by atoms with Crippen molar-refractivity contribution in [1.82, 2.24) is 0 Å². The van der Waals surface area contributed by atoms with E-state index in [4.69, 9.17) is 14.2 Å². The summed E-state index contributed by atoms with van der Waals surface area (Å²) in [5, 5.41) is 0. The van der Waals surface area contributed by atoms with Gasteiger partial charge in [0.2, 0.25) is 0 Å². The van der Waals surface area contributed by atoms with Gasteiger partial charge in [0.25, 0.3) is 0 Å². The molecule has 1 fully saturated rings. The van der Waals surface area contributed by atoms with Gasteiger partial charge in [-0.2, -0.15) is 0 Å². The van der Waals surface area contributed by atoms with Gasteiger partial charge in [-0.3, -0.25) is 4.79 Å². The second kappa shape index (κ2) is 11.0. The predicted molar refractivity (Wildman–Crippen MR) is 92.2 cm³/mol. The molecule has 1 aliphatic carbocycles. The number of ether oxygens (including phenoxy) is 3. The molecule has 0 amide bonds. The Hall–Kier alpha value is -0.610. The lowest BCUT2D eigenvalue weighted by atomic mass is 9.85. The highest BCUT2D eigenvalue weighted by atomic mass is 16.7. The van der Waals surface area contributed by atoms with Crippen LogP contribution in [0.3, 0.4) is 0 Å². The Morgan fingerprint density at radius 1 is 1.04 bits per heavy atom. The highest BCUT2D eigenvalue weighted by molar-refractivity contribution is 5.69. The number of carbonyl (C=O) groups excluding carboxylic acids is 1. The largest absolute Gasteiger partial charge is 0.469 e. The molecule has 4 heteroatoms. The molecule has 1 rings (SSSR count). The molecule has 2 atom stereocenters. The van der Waals surface area contributed by atoms with E-state index in [0.717, 1.165) is 19.3 Å². The average Bonchev–Trinajstić information content (AvgIpc) is 2.86. The van der Waals surface area contributed by atoms with E-state index >= 15 is 0 Å². The van der Waals surface area contributed by atoms with Crippen LogP contribution in [-0.2, 0) is 19.0 Å². The van der Waals surface area contributed by atoms with Crippen molar-refractivity contribution in [2.75, 3.05) is 20.3 Å². The first-order valence-electron chi connectivity index (χ1n) is 9.48. The van der Waals surface area contributed by atoms with E-state index in [9.17, 15) is 4.79 Å². The second-order valence-corrected chi connectivity index (χ2v) is 6.57. The summed E-state index contributed by atoms with van der Waals surface area (Å²) in [4.78, 5) is 11.8. The molecule has 1 saturated carbocycles. The zero-order valence-corrected chi connectivity index (χ0v) is 15.6. The van der Waals surface area contributed by atoms with Crippen LogP contribution in [0.25, 0.3) is 0 Å². The summed E-state index contributed by atoms with van der Waals surface area (Å²) in [7, 11) is 1.47. The van der Waals surface area contributed by atoms with Gasteiger partial charge in [0, 0.05) is 32.0 Å². The molecule has 0 N–H and O–H groups in total. The standard InChI is InChI=1S/C19H36O4/c1-5-8-9-10-11-12-17-16(15-18(20)21-4)13-14-19(17,22-6-2)23-7-3/h16-17H,5-15H2,1-4H3. The van der Waals surface area contributed by atoms with Crippen molar-refractivity contribution in [3.63, 3.8) is 0 Å². The number of esters is 1. The molecule has 1 aliphatic rings. The zero-order chi connectivity index (χ0) is 17.1. The minimum Gasteiger partial charge on any atom is -0.469 e. The predicted octanol–water partition coefficient (Wildman–Crippen LogP) is 4.71. The van der Waals surface area contributed by atoms with Crippen LogP contribution < -0.4 is 0 Å². The minimum atomic E-state index is -0.493. The van der Waals surface area contributed by atoms with Gasteiger partial charge in [-0.1, -0.05) is 39.0 Å². The molecule has 0 spiro atoms. The Bertz CT molecular complexity index is 323. The molecule has 0 aromatic heterocycles. The number of carbonyl (C=O) groups is 1. The Morgan fingerprint density at radius 3 is 2.26 bits per heavy atom. The lowest BCUT2D eigenvalue weighted by Crippen LogP contribution is -2.42. The fraction of sp³-hybridized carbons (Fsp3) is 0.947. The van der Waals surface area contributed by atoms with Gasteiger partial charge in [-0.15, -0.1) is 0 Å². The average molecular weight is 328 g/mol. The lowest BCUT2D eigenvalue weighted by molar-refractivity contribution is -0.257. The van der Waals surface area contributed by atoms with Gasteiger partial charge in [-0.05, 0) is 32.6 Å². The number of hydrogen-bond acceptors (Lipinski definition) is 4. The van der Waals surface area contributed by atoms with Gasteiger partial charge >= 0.3 is 5.97 Å². The molecule has 0 saturated heterocycles. The van der Waals surface area contributed by atoms with Crippen LogP contribution in [0.15, 0.2) is 0 Å². The van der Waals surface area contributed by atoms with Crippen LogP contribution in [0.2, 0.25) is 0 Å². The van der Waals surface area contributed by atoms with Crippen molar-refractivity contribution in [3.8, 4) is 0 Å². The third-order valence-electron chi connectivity index (χ3n) is 5.05. The van der Waals surface area contributed by atoms with Crippen LogP contribution >= 0.6 is 0 Å². The molecular formula is C19H36O4. The van der Waals surface area contributed by atoms with E-state index in [1.54, 1.807) is 0 Å². The number of methoxy groups -OCH3 is 1. The summed E-state index contributed by atoms with van der Waals surface area (Å²) in [6.45, 7) is 7.58. The molecule has 4 nitrogen and oxygen atoms in total. The van der Waals surface area contributed by atoms with Crippen LogP contribution in [-0.4, -0.2) is 32.1 Å². The fourth-order valence-corrected chi connectivity index (χ4v) is 3.99. The third kappa shape index (κ3) is 6.07. The first-order chi connectivity index (χ1) is 11.1. The summed E-state index contributed by atoms with van der Waals surface area (Å²) in [6.07, 6.45) is 9.72. The van der Waals surface area contributed by atoms with Crippen molar-refractivity contribution >= 4 is 5.97 Å². The molecule has 0 radical (unpaired) electrons. The maximum Gasteiger partial charge on any atom is 0.305 e. The van der Waals surface area contributed by atoms with E-state index in [1.165, 1.54) is 39.2 Å². The molecule has 0 aromatic carbocycles. The second-order valence-electron chi connectivity index (χ2n) is 6.57. The SMILES string of the molecule is CCCCCCCC1C(CC(=O)OC)CCC1(OCC)OCC. The van der Waals surface area contributed by atoms with E-state index in [1.807, 2.05) is 13.8 Å². The number of hydrogen-bond donors (Lipinski definition) is 0. The Labute approximate surface area is 142 Å². The molecule has 0 aliphatic heterocycles. The van der Waals surface area contributed by atoms with Crippen LogP contribution in [0, 0.1) is 11.8 Å². The van der Waals surface area contributed by atoms with Crippen molar-refractivity contribution in [3.05, 3.63) is 0 Å². The van der Waals surface area contributed by atoms with Crippen molar-refractivity contribution < 1.29 is 19.0 Å². The van der Waals surface area contributed by atoms with Crippen LogP contribution in [0.5, 0.6) is 0 Å². The van der Waals surface area contributed by atoms with Crippen LogP contribution in [0.4, 0.5) is 0 Å². The van der Waals surface area contributed by atoms with E-state index in [-0.39, 0.29) is 5.97 Å². The van der Waals surface area contributed by atoms with E-state index in [0.29, 0.717) is 31.5 Å². The number of unbranched alkanes of at least 4 members (excludes halogenated alkanes) is 4. The van der Waals surface area contributed by atoms with Gasteiger partial charge in [0.05, 0.1) is 7.11 Å². The summed E-state index contributed by atoms with van der Waals surface area (Å²) in [6, 6.07) is 0. The highest BCUT2D eigenvalue weighted by Gasteiger charge is 2.50. The Morgan fingerprint density at radius 2 is 1.70 bits per heavy atom. The van der Waals surface area contributed by atoms with Gasteiger partial charge in [-0.25, -0.2) is 0 Å². The third-order valence-corrected chi connectivity index (χ3v) is 5.05. The van der Waals surface area contributed by atoms with Gasteiger partial charge in [0.1, 0.15) is 0 Å². The van der Waals surface area contributed by atoms with E-state index in [2.05, 4.69) is 6.92 Å². The first-order valence-corrected chi connectivity index (χ1v) is 9.48. The van der Waals surface area contributed by atoms with Gasteiger partial charge in [0.15, 0.2) is 5.79 Å². The molecule has 136 valence electrons. The summed E-state index contributed by atoms with van der Waals surface area (Å²) in [5.41, 5.74) is 0. The summed E-state index contributed by atoms with van der Waals surface area (Å²) < 4.78 is 17.1. The number of rotatable bonds is 12. The summed E-state index contributed by atoms with van der Waals surface area (Å²) in [5.74, 6) is -0.00271. The van der Waals surface area contributed by atoms with Crippen molar-refractivity contribution in [2.24, 2.45) is 11.8 Å². The zero-order valence-electron chi connectivity index (χ0n) is 15.6. The molecule has 0 aromatic rings. The maximum atomic E-state index is 11.8. The topological polar surface area (TPSA) is 44.8 Å². The molecule has 0 bridgehead atoms. The fourth-order valence-electron chi connectivity index (χ4n) is 3.99. The van der Waals surface area contributed by atoms with Crippen molar-refractivity contribution in [2.45, 2.75) is 84.3 Å². The molecule has 0 heterocycles. The quantitative estimate of drug-likeness (QED) is 0.296. The Balaban J connectivity index is 2.72. The minimum absolute atomic E-state index is 0.116. The Kier molecular flexibility index (Phi) is 9.80. The smallest absolute Gasteiger partial charge is 0.305 e. The van der Waals surface area contributed by atoms with Gasteiger partial charge < -0.3 is 14.2 Å². The normalized spacial score (nSPS) is 23.1. The van der Waals surface area contributed by atoms with Crippen molar-refractivity contribution in [1.29, 1.82) is 0 Å². The van der Waals surface area contributed by atoms with Crippen LogP contribution in [0.1, 0.15) is 78.6 Å². The maximum absolute atomic E-state index is 11.8. The lowest BCUT2D eigenvalue weighted by Gasteiger charge is -2.37.